The maximum absolute atomic E-state index is 13.4. The molecule has 13 heteroatoms. The summed E-state index contributed by atoms with van der Waals surface area (Å²) in [7, 11) is 8.86. The lowest BCUT2D eigenvalue weighted by Crippen LogP contribution is -2.33. The van der Waals surface area contributed by atoms with E-state index in [1.165, 1.54) is 17.3 Å². The van der Waals surface area contributed by atoms with Gasteiger partial charge in [0.05, 0.1) is 33.6 Å². The van der Waals surface area contributed by atoms with Crippen molar-refractivity contribution in [2.45, 2.75) is 29.4 Å². The fourth-order valence-electron chi connectivity index (χ4n) is 4.79. The number of anilines is 1. The third-order valence-corrected chi connectivity index (χ3v) is 8.88. The number of carboxylic acids is 2. The van der Waals surface area contributed by atoms with Crippen LogP contribution in [0.25, 0.3) is 0 Å². The van der Waals surface area contributed by atoms with E-state index in [0.717, 1.165) is 60.0 Å². The van der Waals surface area contributed by atoms with E-state index in [-0.39, 0.29) is 5.91 Å². The van der Waals surface area contributed by atoms with Gasteiger partial charge in [0.25, 0.3) is 0 Å². The number of aliphatic carboxylic acids is 2. The van der Waals surface area contributed by atoms with E-state index in [0.29, 0.717) is 35.3 Å². The molecular formula is C35H41ClN2O9S. The Morgan fingerprint density at radius 1 is 0.896 bits per heavy atom. The van der Waals surface area contributed by atoms with Crippen molar-refractivity contribution in [3.63, 3.8) is 0 Å². The second-order valence-electron chi connectivity index (χ2n) is 10.7. The number of hydrogen-bond donors (Lipinski definition) is 2. The normalized spacial score (nSPS) is 13.9. The number of thioether (sulfide) groups is 1. The fourth-order valence-corrected chi connectivity index (χ4v) is 6.38. The number of rotatable bonds is 15. The molecule has 0 spiro atoms. The van der Waals surface area contributed by atoms with Crippen molar-refractivity contribution in [1.82, 2.24) is 4.90 Å². The van der Waals surface area contributed by atoms with Gasteiger partial charge in [-0.05, 0) is 86.9 Å². The van der Waals surface area contributed by atoms with E-state index in [9.17, 15) is 14.4 Å². The highest BCUT2D eigenvalue weighted by Crippen LogP contribution is 2.49. The van der Waals surface area contributed by atoms with E-state index in [4.69, 9.17) is 40.8 Å². The highest BCUT2D eigenvalue weighted by Gasteiger charge is 2.35. The molecule has 11 nitrogen and oxygen atoms in total. The van der Waals surface area contributed by atoms with Crippen LogP contribution in [-0.2, 0) is 20.8 Å². The van der Waals surface area contributed by atoms with Crippen LogP contribution in [0.1, 0.15) is 29.2 Å². The van der Waals surface area contributed by atoms with Crippen molar-refractivity contribution in [2.75, 3.05) is 60.0 Å². The zero-order valence-electron chi connectivity index (χ0n) is 27.6. The van der Waals surface area contributed by atoms with Crippen molar-refractivity contribution in [1.29, 1.82) is 0 Å². The number of carbonyl (C=O) groups is 3. The molecular weight excluding hydrogens is 660 g/mol. The van der Waals surface area contributed by atoms with Crippen molar-refractivity contribution in [3.05, 3.63) is 82.9 Å². The van der Waals surface area contributed by atoms with Crippen LogP contribution in [0.4, 0.5) is 5.69 Å². The van der Waals surface area contributed by atoms with Crippen LogP contribution in [0.5, 0.6) is 23.0 Å². The molecule has 1 heterocycles. The number of nitrogens with zero attached hydrogens (tertiary/aromatic N) is 2. The number of benzene rings is 3. The van der Waals surface area contributed by atoms with Crippen molar-refractivity contribution >= 4 is 46.9 Å². The summed E-state index contributed by atoms with van der Waals surface area (Å²) in [6.07, 6.45) is 3.94. The molecule has 1 aliphatic rings. The first-order chi connectivity index (χ1) is 23.0. The molecule has 0 bridgehead atoms. The molecule has 0 radical (unpaired) electrons. The first-order valence-corrected chi connectivity index (χ1v) is 16.3. The minimum absolute atomic E-state index is 0.00553. The van der Waals surface area contributed by atoms with Gasteiger partial charge in [0, 0.05) is 41.2 Å². The molecule has 1 aliphatic heterocycles. The molecule has 4 rings (SSSR count). The number of hydrogen-bond acceptors (Lipinski definition) is 9. The smallest absolute Gasteiger partial charge is 0.328 e. The number of unbranched alkanes of at least 4 members (excludes halogenated alkanes) is 1. The third-order valence-electron chi connectivity index (χ3n) is 7.37. The van der Waals surface area contributed by atoms with Crippen molar-refractivity contribution < 1.29 is 43.5 Å². The van der Waals surface area contributed by atoms with Gasteiger partial charge in [-0.3, -0.25) is 4.79 Å². The van der Waals surface area contributed by atoms with E-state index < -0.39 is 17.2 Å². The minimum Gasteiger partial charge on any atom is -0.497 e. The monoisotopic (exact) mass is 700 g/mol. The standard InChI is InChI=1S/C31H37ClN2O5S.C4H4O4/c1-33(16-14-21-8-12-27(37-4)28(18-21)38-5)15-6-7-17-39-26-13-10-23(36-3)20-24(26)30-31(35)34(2)25-11-9-22(32)19-29(25)40-30;5-3(6)1-2-4(7)8/h8-13,18-20,30H,6-7,14-17H2,1-5H3;1-2H,(H,5,6)(H,7,8)/b;2-1+. The molecule has 0 fully saturated rings. The first kappa shape index (κ1) is 38.1. The lowest BCUT2D eigenvalue weighted by Gasteiger charge is -2.32. The second-order valence-corrected chi connectivity index (χ2v) is 12.3. The van der Waals surface area contributed by atoms with E-state index in [1.807, 2.05) is 42.5 Å². The number of methoxy groups -OCH3 is 3. The Bertz CT molecular complexity index is 1580. The molecule has 1 amide bonds. The molecule has 0 aromatic heterocycles. The van der Waals surface area contributed by atoms with Gasteiger partial charge in [-0.1, -0.05) is 17.7 Å². The zero-order valence-corrected chi connectivity index (χ0v) is 29.2. The van der Waals surface area contributed by atoms with E-state index >= 15 is 0 Å². The summed E-state index contributed by atoms with van der Waals surface area (Å²) in [6.45, 7) is 2.47. The Morgan fingerprint density at radius 3 is 2.23 bits per heavy atom. The van der Waals surface area contributed by atoms with Crippen LogP contribution in [0.3, 0.4) is 0 Å². The lowest BCUT2D eigenvalue weighted by molar-refractivity contribution is -0.134. The number of likely N-dealkylation sites (N-methyl/N-ethyl adjacent to an activating group) is 2. The van der Waals surface area contributed by atoms with Crippen LogP contribution >= 0.6 is 23.4 Å². The Morgan fingerprint density at radius 2 is 1.58 bits per heavy atom. The largest absolute Gasteiger partial charge is 0.497 e. The molecule has 0 saturated carbocycles. The van der Waals surface area contributed by atoms with Gasteiger partial charge < -0.3 is 39.0 Å². The molecule has 48 heavy (non-hydrogen) atoms. The summed E-state index contributed by atoms with van der Waals surface area (Å²) >= 11 is 7.75. The van der Waals surface area contributed by atoms with Crippen molar-refractivity contribution in [3.8, 4) is 23.0 Å². The Kier molecular flexibility index (Phi) is 14.9. The number of carboxylic acid groups (broad SMARTS) is 2. The Balaban J connectivity index is 0.000000694. The topological polar surface area (TPSA) is 135 Å². The molecule has 3 aromatic carbocycles. The molecule has 0 saturated heterocycles. The lowest BCUT2D eigenvalue weighted by atomic mass is 10.1. The maximum Gasteiger partial charge on any atom is 0.328 e. The quantitative estimate of drug-likeness (QED) is 0.138. The molecule has 1 unspecified atom stereocenters. The third kappa shape index (κ3) is 11.1. The summed E-state index contributed by atoms with van der Waals surface area (Å²) in [6, 6.07) is 17.3. The highest BCUT2D eigenvalue weighted by atomic mass is 35.5. The average molecular weight is 701 g/mol. The molecule has 3 aromatic rings. The number of carbonyl (C=O) groups excluding carboxylic acids is 1. The zero-order chi connectivity index (χ0) is 35.2. The molecule has 2 N–H and O–H groups in total. The van der Waals surface area contributed by atoms with E-state index in [2.05, 4.69) is 18.0 Å². The SMILES string of the molecule is COc1ccc(OCCCCN(C)CCc2ccc(OC)c(OC)c2)c(C2Sc3cc(Cl)ccc3N(C)C2=O)c1.O=C(O)/C=C/C(=O)O. The van der Waals surface area contributed by atoms with Crippen LogP contribution in [-0.4, -0.2) is 88.1 Å². The Hall–Kier alpha value is -4.39. The summed E-state index contributed by atoms with van der Waals surface area (Å²) < 4.78 is 22.4. The van der Waals surface area contributed by atoms with Gasteiger partial charge in [0.15, 0.2) is 11.5 Å². The summed E-state index contributed by atoms with van der Waals surface area (Å²) in [4.78, 5) is 37.4. The summed E-state index contributed by atoms with van der Waals surface area (Å²) in [5.41, 5.74) is 2.88. The van der Waals surface area contributed by atoms with Crippen molar-refractivity contribution in [2.24, 2.45) is 0 Å². The fraction of sp³-hybridized carbons (Fsp3) is 0.343. The molecule has 1 atom stereocenters. The first-order valence-electron chi connectivity index (χ1n) is 15.0. The summed E-state index contributed by atoms with van der Waals surface area (Å²) in [5.74, 6) is 0.366. The van der Waals surface area contributed by atoms with Gasteiger partial charge in [-0.25, -0.2) is 9.59 Å². The number of fused-ring (bicyclic) bond motifs is 1. The van der Waals surface area contributed by atoms with E-state index in [1.54, 1.807) is 39.3 Å². The number of amides is 1. The van der Waals surface area contributed by atoms with Gasteiger partial charge in [-0.15, -0.1) is 11.8 Å². The number of halogens is 1. The van der Waals surface area contributed by atoms with Gasteiger partial charge in [0.2, 0.25) is 5.91 Å². The van der Waals surface area contributed by atoms with Gasteiger partial charge in [-0.2, -0.15) is 0 Å². The summed E-state index contributed by atoms with van der Waals surface area (Å²) in [5, 5.41) is 15.8. The molecule has 258 valence electrons. The maximum atomic E-state index is 13.4. The van der Waals surface area contributed by atoms with Crippen LogP contribution in [0.15, 0.2) is 71.6 Å². The average Bonchev–Trinajstić information content (AvgIpc) is 3.07. The number of ether oxygens (including phenoxy) is 4. The minimum atomic E-state index is -1.26. The van der Waals surface area contributed by atoms with Crippen LogP contribution < -0.4 is 23.8 Å². The molecule has 0 aliphatic carbocycles. The predicted octanol–water partition coefficient (Wildman–Crippen LogP) is 6.22. The van der Waals surface area contributed by atoms with Gasteiger partial charge in [0.1, 0.15) is 16.7 Å². The highest BCUT2D eigenvalue weighted by molar-refractivity contribution is 8.00. The second kappa shape index (κ2) is 18.8. The van der Waals surface area contributed by atoms with Gasteiger partial charge >= 0.3 is 11.9 Å². The van der Waals surface area contributed by atoms with Crippen LogP contribution in [0, 0.1) is 0 Å². The predicted molar refractivity (Wildman–Crippen MR) is 186 cm³/mol. The Labute approximate surface area is 290 Å². The van der Waals surface area contributed by atoms with Crippen LogP contribution in [0.2, 0.25) is 5.02 Å².